The lowest BCUT2D eigenvalue weighted by atomic mass is 10.0. The average molecular weight is 269 g/mol. The van der Waals surface area contributed by atoms with Crippen molar-refractivity contribution < 1.29 is 0 Å². The second kappa shape index (κ2) is 6.16. The molecule has 1 heterocycles. The molecular formula is C17H23NSi. The molecule has 0 fully saturated rings. The van der Waals surface area contributed by atoms with Crippen LogP contribution in [0, 0.1) is 5.92 Å². The maximum absolute atomic E-state index is 4.67. The van der Waals surface area contributed by atoms with E-state index in [4.69, 9.17) is 0 Å². The average Bonchev–Trinajstić information content (AvgIpc) is 2.38. The summed E-state index contributed by atoms with van der Waals surface area (Å²) in [5, 5.41) is 1.52. The van der Waals surface area contributed by atoms with Gasteiger partial charge in [0.25, 0.3) is 0 Å². The Morgan fingerprint density at radius 1 is 1.11 bits per heavy atom. The zero-order valence-corrected chi connectivity index (χ0v) is 13.5. The number of hydrogen-bond donors (Lipinski definition) is 0. The quantitative estimate of drug-likeness (QED) is 0.772. The van der Waals surface area contributed by atoms with Crippen molar-refractivity contribution in [3.05, 3.63) is 48.2 Å². The summed E-state index contributed by atoms with van der Waals surface area (Å²) in [7, 11) is -0.804. The van der Waals surface area contributed by atoms with Gasteiger partial charge in [0.2, 0.25) is 0 Å². The molecule has 0 amide bonds. The molecule has 1 nitrogen and oxygen atoms in total. The molecule has 1 aromatic heterocycles. The first-order chi connectivity index (χ1) is 9.08. The number of aromatic nitrogens is 1. The summed E-state index contributed by atoms with van der Waals surface area (Å²) >= 11 is 0. The number of rotatable bonds is 4. The topological polar surface area (TPSA) is 12.9 Å². The van der Waals surface area contributed by atoms with Crippen LogP contribution in [-0.2, 0) is 6.42 Å². The molecule has 0 bridgehead atoms. The van der Waals surface area contributed by atoms with Gasteiger partial charge in [-0.05, 0) is 29.2 Å². The van der Waals surface area contributed by atoms with E-state index in [0.29, 0.717) is 5.92 Å². The van der Waals surface area contributed by atoms with E-state index in [1.165, 1.54) is 16.3 Å². The van der Waals surface area contributed by atoms with Crippen molar-refractivity contribution in [1.29, 1.82) is 0 Å². The molecule has 0 aliphatic rings. The molecule has 0 radical (unpaired) electrons. The molecular weight excluding hydrogens is 246 g/mol. The highest BCUT2D eigenvalue weighted by molar-refractivity contribution is 6.71. The molecule has 100 valence electrons. The summed E-state index contributed by atoms with van der Waals surface area (Å²) in [5.74, 6) is 0.692. The Bertz CT molecular complexity index is 532. The van der Waals surface area contributed by atoms with Gasteiger partial charge in [0.05, 0.1) is 14.5 Å². The van der Waals surface area contributed by atoms with E-state index in [1.54, 1.807) is 0 Å². The van der Waals surface area contributed by atoms with Gasteiger partial charge in [0, 0.05) is 11.8 Å². The lowest BCUT2D eigenvalue weighted by Crippen LogP contribution is -2.28. The third kappa shape index (κ3) is 3.54. The molecule has 1 aromatic carbocycles. The molecule has 0 atom stereocenters. The zero-order valence-electron chi connectivity index (χ0n) is 12.4. The molecule has 2 aromatic rings. The summed E-state index contributed by atoms with van der Waals surface area (Å²) in [6.07, 6.45) is 3.28. The van der Waals surface area contributed by atoms with Crippen LogP contribution in [0.2, 0.25) is 13.1 Å². The van der Waals surface area contributed by atoms with Gasteiger partial charge >= 0.3 is 0 Å². The van der Waals surface area contributed by atoms with Crippen LogP contribution in [0.25, 0.3) is 11.3 Å². The van der Waals surface area contributed by atoms with E-state index in [2.05, 4.69) is 68.5 Å². The highest BCUT2D eigenvalue weighted by Gasteiger charge is 2.11. The van der Waals surface area contributed by atoms with Gasteiger partial charge in [-0.1, -0.05) is 57.3 Å². The fourth-order valence-electron chi connectivity index (χ4n) is 2.41. The maximum Gasteiger partial charge on any atom is 0.0704 e. The van der Waals surface area contributed by atoms with Crippen LogP contribution in [0.4, 0.5) is 0 Å². The Hall–Kier alpha value is -1.41. The monoisotopic (exact) mass is 269 g/mol. The van der Waals surface area contributed by atoms with Crippen molar-refractivity contribution in [3.8, 4) is 11.3 Å². The molecule has 0 unspecified atom stereocenters. The van der Waals surface area contributed by atoms with Crippen LogP contribution in [-0.4, -0.2) is 13.8 Å². The Labute approximate surface area is 118 Å². The largest absolute Gasteiger partial charge is 0.256 e. The van der Waals surface area contributed by atoms with E-state index < -0.39 is 8.80 Å². The fourth-order valence-corrected chi connectivity index (χ4v) is 3.73. The Kier molecular flexibility index (Phi) is 4.54. The van der Waals surface area contributed by atoms with Gasteiger partial charge < -0.3 is 0 Å². The van der Waals surface area contributed by atoms with Gasteiger partial charge in [0.1, 0.15) is 0 Å². The summed E-state index contributed by atoms with van der Waals surface area (Å²) in [6, 6.07) is 12.8. The predicted octanol–water partition coefficient (Wildman–Crippen LogP) is 3.64. The molecule has 0 N–H and O–H groups in total. The molecule has 2 heteroatoms. The number of nitrogens with zero attached hydrogens (tertiary/aromatic N) is 1. The van der Waals surface area contributed by atoms with E-state index in [-0.39, 0.29) is 0 Å². The molecule has 2 rings (SSSR count). The van der Waals surface area contributed by atoms with E-state index >= 15 is 0 Å². The van der Waals surface area contributed by atoms with Crippen molar-refractivity contribution in [2.24, 2.45) is 5.92 Å². The highest BCUT2D eigenvalue weighted by atomic mass is 28.3. The van der Waals surface area contributed by atoms with Crippen molar-refractivity contribution in [2.45, 2.75) is 33.4 Å². The van der Waals surface area contributed by atoms with Gasteiger partial charge in [-0.15, -0.1) is 0 Å². The molecule has 0 spiro atoms. The molecule has 0 saturated heterocycles. The van der Waals surface area contributed by atoms with E-state index in [0.717, 1.165) is 12.1 Å². The standard InChI is InChI=1S/C17H23NSi/c1-13(2)10-15-11-16(14-8-6-5-7-9-14)18-12-17(15)19(3)4/h5-9,11-13,19H,10H2,1-4H3. The Balaban J connectivity index is 2.43. The van der Waals surface area contributed by atoms with Crippen molar-refractivity contribution in [2.75, 3.05) is 0 Å². The summed E-state index contributed by atoms with van der Waals surface area (Å²) in [4.78, 5) is 4.67. The minimum atomic E-state index is -0.804. The fraction of sp³-hybridized carbons (Fsp3) is 0.353. The second-order valence-corrected chi connectivity index (χ2v) is 8.82. The van der Waals surface area contributed by atoms with Crippen LogP contribution < -0.4 is 5.19 Å². The number of pyridine rings is 1. The molecule has 0 saturated carbocycles. The summed E-state index contributed by atoms with van der Waals surface area (Å²) < 4.78 is 0. The second-order valence-electron chi connectivity index (χ2n) is 5.89. The molecule has 19 heavy (non-hydrogen) atoms. The van der Waals surface area contributed by atoms with Gasteiger partial charge in [-0.3, -0.25) is 4.98 Å². The third-order valence-electron chi connectivity index (χ3n) is 3.34. The zero-order chi connectivity index (χ0) is 13.8. The highest BCUT2D eigenvalue weighted by Crippen LogP contribution is 2.18. The van der Waals surface area contributed by atoms with Gasteiger partial charge in [-0.25, -0.2) is 0 Å². The van der Waals surface area contributed by atoms with Gasteiger partial charge in [-0.2, -0.15) is 0 Å². The molecule has 0 aliphatic carbocycles. The minimum Gasteiger partial charge on any atom is -0.256 e. The van der Waals surface area contributed by atoms with E-state index in [9.17, 15) is 0 Å². The first kappa shape index (κ1) is 14.0. The van der Waals surface area contributed by atoms with E-state index in [1.807, 2.05) is 6.07 Å². The first-order valence-corrected chi connectivity index (χ1v) is 10.0. The third-order valence-corrected chi connectivity index (χ3v) is 5.11. The van der Waals surface area contributed by atoms with Crippen molar-refractivity contribution in [3.63, 3.8) is 0 Å². The first-order valence-electron chi connectivity index (χ1n) is 7.12. The van der Waals surface area contributed by atoms with Crippen LogP contribution in [0.5, 0.6) is 0 Å². The van der Waals surface area contributed by atoms with Crippen LogP contribution in [0.15, 0.2) is 42.6 Å². The summed E-state index contributed by atoms with van der Waals surface area (Å²) in [6.45, 7) is 9.33. The smallest absolute Gasteiger partial charge is 0.0704 e. The minimum absolute atomic E-state index is 0.692. The lowest BCUT2D eigenvalue weighted by molar-refractivity contribution is 0.649. The number of benzene rings is 1. The summed E-state index contributed by atoms with van der Waals surface area (Å²) in [5.41, 5.74) is 3.82. The van der Waals surface area contributed by atoms with Crippen LogP contribution in [0.1, 0.15) is 19.4 Å². The Morgan fingerprint density at radius 2 is 1.79 bits per heavy atom. The lowest BCUT2D eigenvalue weighted by Gasteiger charge is -2.15. The maximum atomic E-state index is 4.67. The van der Waals surface area contributed by atoms with Crippen LogP contribution >= 0.6 is 0 Å². The SMILES string of the molecule is CC(C)Cc1cc(-c2ccccc2)ncc1[SiH](C)C. The number of hydrogen-bond acceptors (Lipinski definition) is 1. The van der Waals surface area contributed by atoms with Crippen LogP contribution in [0.3, 0.4) is 0 Å². The predicted molar refractivity (Wildman–Crippen MR) is 86.7 cm³/mol. The molecule has 0 aliphatic heterocycles. The van der Waals surface area contributed by atoms with Crippen molar-refractivity contribution in [1.82, 2.24) is 4.98 Å². The van der Waals surface area contributed by atoms with Gasteiger partial charge in [0.15, 0.2) is 0 Å². The Morgan fingerprint density at radius 3 is 2.37 bits per heavy atom. The van der Waals surface area contributed by atoms with Crippen molar-refractivity contribution >= 4 is 14.0 Å². The normalized spacial score (nSPS) is 11.3.